The number of carbonyl (C=O) groups excluding carboxylic acids is 1. The summed E-state index contributed by atoms with van der Waals surface area (Å²) in [5.41, 5.74) is 0. The molecular weight excluding hydrogens is 144 g/mol. The molecule has 0 aromatic rings. The lowest BCUT2D eigenvalue weighted by molar-refractivity contribution is -0.161. The topological polar surface area (TPSA) is 35.5 Å². The van der Waals surface area contributed by atoms with E-state index in [2.05, 4.69) is 6.58 Å². The van der Waals surface area contributed by atoms with Gasteiger partial charge in [-0.25, -0.2) is 4.79 Å². The summed E-state index contributed by atoms with van der Waals surface area (Å²) in [4.78, 5) is 10.7. The summed E-state index contributed by atoms with van der Waals surface area (Å²) in [6.07, 6.45) is 3.10. The zero-order valence-corrected chi connectivity index (χ0v) is 6.58. The van der Waals surface area contributed by atoms with Crippen LogP contribution in [0.15, 0.2) is 12.7 Å². The standard InChI is InChI=1S/C8H12O3/c1-3-8(9)11-7-5-4-6(7)10-2/h3,6-7H,1,4-5H2,2H3. The smallest absolute Gasteiger partial charge is 0.330 e. The predicted molar refractivity (Wildman–Crippen MR) is 40.1 cm³/mol. The molecule has 1 aliphatic rings. The molecule has 1 aliphatic carbocycles. The van der Waals surface area contributed by atoms with Crippen LogP contribution in [0.25, 0.3) is 0 Å². The highest BCUT2D eigenvalue weighted by molar-refractivity contribution is 5.81. The molecule has 1 fully saturated rings. The molecule has 0 aromatic heterocycles. The minimum Gasteiger partial charge on any atom is -0.456 e. The summed E-state index contributed by atoms with van der Waals surface area (Å²) < 4.78 is 9.99. The molecule has 3 heteroatoms. The SMILES string of the molecule is C=CC(=O)OC1CCC1OC. The monoisotopic (exact) mass is 156 g/mol. The van der Waals surface area contributed by atoms with Gasteiger partial charge >= 0.3 is 5.97 Å². The van der Waals surface area contributed by atoms with E-state index >= 15 is 0 Å². The third-order valence-electron chi connectivity index (χ3n) is 1.89. The van der Waals surface area contributed by atoms with Crippen molar-refractivity contribution in [3.8, 4) is 0 Å². The van der Waals surface area contributed by atoms with E-state index in [4.69, 9.17) is 9.47 Å². The van der Waals surface area contributed by atoms with Gasteiger partial charge in [0.25, 0.3) is 0 Å². The molecule has 11 heavy (non-hydrogen) atoms. The molecule has 0 N–H and O–H groups in total. The van der Waals surface area contributed by atoms with E-state index in [0.29, 0.717) is 0 Å². The average molecular weight is 156 g/mol. The van der Waals surface area contributed by atoms with Crippen molar-refractivity contribution in [2.24, 2.45) is 0 Å². The summed E-state index contributed by atoms with van der Waals surface area (Å²) in [7, 11) is 1.62. The maximum absolute atomic E-state index is 10.7. The molecule has 0 bridgehead atoms. The van der Waals surface area contributed by atoms with E-state index in [-0.39, 0.29) is 18.2 Å². The lowest BCUT2D eigenvalue weighted by atomic mass is 9.92. The third-order valence-corrected chi connectivity index (χ3v) is 1.89. The minimum absolute atomic E-state index is 0.0505. The van der Waals surface area contributed by atoms with Crippen LogP contribution in [-0.4, -0.2) is 25.3 Å². The van der Waals surface area contributed by atoms with E-state index < -0.39 is 0 Å². The Morgan fingerprint density at radius 3 is 2.55 bits per heavy atom. The van der Waals surface area contributed by atoms with Gasteiger partial charge in [-0.2, -0.15) is 0 Å². The van der Waals surface area contributed by atoms with Crippen molar-refractivity contribution in [2.75, 3.05) is 7.11 Å². The molecule has 0 radical (unpaired) electrons. The van der Waals surface area contributed by atoms with Crippen LogP contribution in [0.2, 0.25) is 0 Å². The number of carbonyl (C=O) groups is 1. The highest BCUT2D eigenvalue weighted by Gasteiger charge is 2.33. The van der Waals surface area contributed by atoms with Crippen LogP contribution in [0, 0.1) is 0 Å². The molecule has 1 saturated carbocycles. The second-order valence-electron chi connectivity index (χ2n) is 2.53. The van der Waals surface area contributed by atoms with Crippen molar-refractivity contribution in [1.82, 2.24) is 0 Å². The fourth-order valence-corrected chi connectivity index (χ4v) is 1.04. The fraction of sp³-hybridized carbons (Fsp3) is 0.625. The van der Waals surface area contributed by atoms with E-state index in [1.54, 1.807) is 7.11 Å². The molecular formula is C8H12O3. The quantitative estimate of drug-likeness (QED) is 0.449. The Kier molecular flexibility index (Phi) is 2.65. The molecule has 0 aromatic carbocycles. The van der Waals surface area contributed by atoms with E-state index in [1.165, 1.54) is 6.08 Å². The molecule has 2 unspecified atom stereocenters. The average Bonchev–Trinajstić information content (AvgIpc) is 1.98. The fourth-order valence-electron chi connectivity index (χ4n) is 1.04. The number of ether oxygens (including phenoxy) is 2. The Labute approximate surface area is 66.0 Å². The lowest BCUT2D eigenvalue weighted by Crippen LogP contribution is -2.41. The largest absolute Gasteiger partial charge is 0.456 e. The Bertz CT molecular complexity index is 163. The first-order chi connectivity index (χ1) is 5.27. The van der Waals surface area contributed by atoms with Gasteiger partial charge in [0.2, 0.25) is 0 Å². The molecule has 0 spiro atoms. The zero-order valence-electron chi connectivity index (χ0n) is 6.58. The third kappa shape index (κ3) is 1.80. The van der Waals surface area contributed by atoms with Crippen LogP contribution in [-0.2, 0) is 14.3 Å². The van der Waals surface area contributed by atoms with Crippen LogP contribution in [0.4, 0.5) is 0 Å². The van der Waals surface area contributed by atoms with Crippen LogP contribution < -0.4 is 0 Å². The second-order valence-corrected chi connectivity index (χ2v) is 2.53. The molecule has 0 amide bonds. The summed E-state index contributed by atoms with van der Waals surface area (Å²) in [6, 6.07) is 0. The number of esters is 1. The number of hydrogen-bond donors (Lipinski definition) is 0. The van der Waals surface area contributed by atoms with Gasteiger partial charge in [-0.15, -0.1) is 0 Å². The lowest BCUT2D eigenvalue weighted by Gasteiger charge is -2.33. The van der Waals surface area contributed by atoms with Crippen molar-refractivity contribution >= 4 is 5.97 Å². The summed E-state index contributed by atoms with van der Waals surface area (Å²) in [6.45, 7) is 3.31. The van der Waals surface area contributed by atoms with Gasteiger partial charge in [0.05, 0.1) is 6.10 Å². The first kappa shape index (κ1) is 8.27. The van der Waals surface area contributed by atoms with Crippen molar-refractivity contribution in [2.45, 2.75) is 25.0 Å². The molecule has 0 heterocycles. The molecule has 3 nitrogen and oxygen atoms in total. The second kappa shape index (κ2) is 3.53. The van der Waals surface area contributed by atoms with Crippen LogP contribution >= 0.6 is 0 Å². The van der Waals surface area contributed by atoms with E-state index in [1.807, 2.05) is 0 Å². The number of rotatable bonds is 3. The van der Waals surface area contributed by atoms with Crippen molar-refractivity contribution < 1.29 is 14.3 Å². The molecule has 62 valence electrons. The van der Waals surface area contributed by atoms with Crippen LogP contribution in [0.3, 0.4) is 0 Å². The van der Waals surface area contributed by atoms with Gasteiger partial charge < -0.3 is 9.47 Å². The van der Waals surface area contributed by atoms with Gasteiger partial charge in [0.1, 0.15) is 6.10 Å². The van der Waals surface area contributed by atoms with Gasteiger partial charge in [-0.05, 0) is 12.8 Å². The molecule has 0 saturated heterocycles. The van der Waals surface area contributed by atoms with Crippen molar-refractivity contribution in [3.05, 3.63) is 12.7 Å². The van der Waals surface area contributed by atoms with E-state index in [9.17, 15) is 4.79 Å². The van der Waals surface area contributed by atoms with Gasteiger partial charge in [0.15, 0.2) is 0 Å². The zero-order chi connectivity index (χ0) is 8.27. The predicted octanol–water partition coefficient (Wildman–Crippen LogP) is 0.893. The highest BCUT2D eigenvalue weighted by atomic mass is 16.6. The number of methoxy groups -OCH3 is 1. The minimum atomic E-state index is -0.364. The number of hydrogen-bond acceptors (Lipinski definition) is 3. The van der Waals surface area contributed by atoms with Crippen LogP contribution in [0.1, 0.15) is 12.8 Å². The van der Waals surface area contributed by atoms with E-state index in [0.717, 1.165) is 12.8 Å². The Hall–Kier alpha value is -0.830. The van der Waals surface area contributed by atoms with Crippen molar-refractivity contribution in [1.29, 1.82) is 0 Å². The molecule has 0 aliphatic heterocycles. The van der Waals surface area contributed by atoms with Crippen molar-refractivity contribution in [3.63, 3.8) is 0 Å². The summed E-state index contributed by atoms with van der Waals surface area (Å²) in [5, 5.41) is 0. The maximum atomic E-state index is 10.7. The Morgan fingerprint density at radius 2 is 2.18 bits per heavy atom. The van der Waals surface area contributed by atoms with Crippen LogP contribution in [0.5, 0.6) is 0 Å². The summed E-state index contributed by atoms with van der Waals surface area (Å²) in [5.74, 6) is -0.364. The maximum Gasteiger partial charge on any atom is 0.330 e. The first-order valence-electron chi connectivity index (χ1n) is 3.63. The molecule has 2 atom stereocenters. The van der Waals surface area contributed by atoms with Gasteiger partial charge in [0, 0.05) is 13.2 Å². The Morgan fingerprint density at radius 1 is 1.55 bits per heavy atom. The van der Waals surface area contributed by atoms with Gasteiger partial charge in [-0.3, -0.25) is 0 Å². The first-order valence-corrected chi connectivity index (χ1v) is 3.63. The van der Waals surface area contributed by atoms with Gasteiger partial charge in [-0.1, -0.05) is 6.58 Å². The highest BCUT2D eigenvalue weighted by Crippen LogP contribution is 2.25. The Balaban J connectivity index is 2.27. The molecule has 1 rings (SSSR count). The summed E-state index contributed by atoms with van der Waals surface area (Å²) >= 11 is 0. The normalized spacial score (nSPS) is 28.8.